The minimum atomic E-state index is -0.213. The van der Waals surface area contributed by atoms with Gasteiger partial charge < -0.3 is 20.5 Å². The predicted molar refractivity (Wildman–Crippen MR) is 72.9 cm³/mol. The van der Waals surface area contributed by atoms with Gasteiger partial charge in [0.2, 0.25) is 0 Å². The lowest BCUT2D eigenvalue weighted by Gasteiger charge is -2.14. The number of hydrogen-bond donors (Lipinski definition) is 2. The lowest BCUT2D eigenvalue weighted by Crippen LogP contribution is -2.18. The Balaban J connectivity index is 1.91. The van der Waals surface area contributed by atoms with Gasteiger partial charge in [-0.25, -0.2) is 0 Å². The van der Waals surface area contributed by atoms with Crippen LogP contribution in [0, 0.1) is 0 Å². The van der Waals surface area contributed by atoms with E-state index in [-0.39, 0.29) is 5.91 Å². The smallest absolute Gasteiger partial charge is 0.290 e. The Labute approximate surface area is 112 Å². The Morgan fingerprint density at radius 2 is 2.16 bits per heavy atom. The van der Waals surface area contributed by atoms with Crippen molar-refractivity contribution in [3.05, 3.63) is 36.1 Å². The topological polar surface area (TPSA) is 73.6 Å². The maximum Gasteiger partial charge on any atom is 0.290 e. The number of anilines is 1. The normalized spacial score (nSPS) is 14.3. The van der Waals surface area contributed by atoms with Gasteiger partial charge in [-0.3, -0.25) is 4.79 Å². The van der Waals surface area contributed by atoms with Crippen molar-refractivity contribution in [1.82, 2.24) is 0 Å². The number of benzene rings is 1. The van der Waals surface area contributed by atoms with Crippen LogP contribution in [-0.4, -0.2) is 25.7 Å². The Morgan fingerprint density at radius 3 is 2.79 bits per heavy atom. The van der Waals surface area contributed by atoms with Crippen LogP contribution in [0.25, 0.3) is 0 Å². The third-order valence-electron chi connectivity index (χ3n) is 2.66. The fourth-order valence-electron chi connectivity index (χ4n) is 1.72. The number of allylic oxidation sites excluding steroid dienone is 1. The number of nitrogens with two attached hydrogens (primary N) is 1. The van der Waals surface area contributed by atoms with Crippen molar-refractivity contribution >= 4 is 11.6 Å². The van der Waals surface area contributed by atoms with E-state index in [9.17, 15) is 4.79 Å². The minimum absolute atomic E-state index is 0.213. The summed E-state index contributed by atoms with van der Waals surface area (Å²) in [5.41, 5.74) is 6.06. The summed E-state index contributed by atoms with van der Waals surface area (Å²) < 4.78 is 10.7. The molecule has 0 spiro atoms. The maximum absolute atomic E-state index is 11.9. The molecule has 1 aliphatic rings. The van der Waals surface area contributed by atoms with E-state index in [2.05, 4.69) is 5.32 Å². The van der Waals surface area contributed by atoms with Crippen molar-refractivity contribution in [2.75, 3.05) is 25.1 Å². The van der Waals surface area contributed by atoms with Crippen LogP contribution in [0.2, 0.25) is 0 Å². The summed E-state index contributed by atoms with van der Waals surface area (Å²) in [4.78, 5) is 11.9. The molecule has 0 atom stereocenters. The number of amides is 1. The SMILES string of the molecule is NCCOc1ccc(NC(=O)C2=CCCCO2)cc1. The molecule has 1 aromatic rings. The molecule has 0 fully saturated rings. The molecule has 0 saturated heterocycles. The molecule has 5 heteroatoms. The summed E-state index contributed by atoms with van der Waals surface area (Å²) >= 11 is 0. The van der Waals surface area contributed by atoms with E-state index in [1.807, 2.05) is 6.08 Å². The second-order valence-corrected chi connectivity index (χ2v) is 4.17. The zero-order valence-electron chi connectivity index (χ0n) is 10.7. The highest BCUT2D eigenvalue weighted by molar-refractivity contribution is 6.02. The summed E-state index contributed by atoms with van der Waals surface area (Å²) in [5, 5.41) is 2.78. The molecule has 102 valence electrons. The van der Waals surface area contributed by atoms with E-state index in [0.29, 0.717) is 31.2 Å². The van der Waals surface area contributed by atoms with Crippen molar-refractivity contribution in [2.45, 2.75) is 12.8 Å². The van der Waals surface area contributed by atoms with Gasteiger partial charge in [-0.05, 0) is 43.2 Å². The predicted octanol–water partition coefficient (Wildman–Crippen LogP) is 1.66. The van der Waals surface area contributed by atoms with Gasteiger partial charge in [0.05, 0.1) is 6.61 Å². The molecule has 3 N–H and O–H groups in total. The lowest BCUT2D eigenvalue weighted by atomic mass is 10.2. The molecule has 0 radical (unpaired) electrons. The Bertz CT molecular complexity index is 454. The van der Waals surface area contributed by atoms with Crippen LogP contribution < -0.4 is 15.8 Å². The van der Waals surface area contributed by atoms with E-state index in [4.69, 9.17) is 15.2 Å². The van der Waals surface area contributed by atoms with E-state index in [1.54, 1.807) is 24.3 Å². The third kappa shape index (κ3) is 3.99. The van der Waals surface area contributed by atoms with Gasteiger partial charge in [-0.1, -0.05) is 0 Å². The number of rotatable bonds is 5. The summed E-state index contributed by atoms with van der Waals surface area (Å²) in [6.45, 7) is 1.56. The van der Waals surface area contributed by atoms with E-state index in [0.717, 1.165) is 18.6 Å². The van der Waals surface area contributed by atoms with Gasteiger partial charge in [0.1, 0.15) is 12.4 Å². The highest BCUT2D eigenvalue weighted by Crippen LogP contribution is 2.17. The van der Waals surface area contributed by atoms with Crippen LogP contribution in [-0.2, 0) is 9.53 Å². The van der Waals surface area contributed by atoms with Crippen molar-refractivity contribution in [3.8, 4) is 5.75 Å². The quantitative estimate of drug-likeness (QED) is 0.846. The maximum atomic E-state index is 11.9. The average molecular weight is 262 g/mol. The van der Waals surface area contributed by atoms with Crippen LogP contribution >= 0.6 is 0 Å². The van der Waals surface area contributed by atoms with Crippen LogP contribution in [0.15, 0.2) is 36.1 Å². The first-order valence-corrected chi connectivity index (χ1v) is 6.37. The first kappa shape index (κ1) is 13.4. The highest BCUT2D eigenvalue weighted by Gasteiger charge is 2.13. The van der Waals surface area contributed by atoms with Crippen molar-refractivity contribution in [2.24, 2.45) is 5.73 Å². The molecule has 1 aliphatic heterocycles. The molecular weight excluding hydrogens is 244 g/mol. The second-order valence-electron chi connectivity index (χ2n) is 4.17. The summed E-state index contributed by atoms with van der Waals surface area (Å²) in [6, 6.07) is 7.16. The average Bonchev–Trinajstić information content (AvgIpc) is 2.47. The first-order valence-electron chi connectivity index (χ1n) is 6.37. The van der Waals surface area contributed by atoms with Crippen molar-refractivity contribution < 1.29 is 14.3 Å². The fourth-order valence-corrected chi connectivity index (χ4v) is 1.72. The van der Waals surface area contributed by atoms with Gasteiger partial charge in [0, 0.05) is 12.2 Å². The highest BCUT2D eigenvalue weighted by atomic mass is 16.5. The molecule has 0 saturated carbocycles. The van der Waals surface area contributed by atoms with Crippen LogP contribution in [0.4, 0.5) is 5.69 Å². The van der Waals surface area contributed by atoms with Crippen LogP contribution in [0.3, 0.4) is 0 Å². The van der Waals surface area contributed by atoms with Gasteiger partial charge in [0.15, 0.2) is 5.76 Å². The first-order chi connectivity index (χ1) is 9.29. The molecule has 1 amide bonds. The van der Waals surface area contributed by atoms with Gasteiger partial charge in [-0.2, -0.15) is 0 Å². The number of carbonyl (C=O) groups excluding carboxylic acids is 1. The zero-order chi connectivity index (χ0) is 13.5. The molecule has 0 bridgehead atoms. The van der Waals surface area contributed by atoms with E-state index in [1.165, 1.54) is 0 Å². The number of carbonyl (C=O) groups is 1. The van der Waals surface area contributed by atoms with E-state index < -0.39 is 0 Å². The number of ether oxygens (including phenoxy) is 2. The van der Waals surface area contributed by atoms with Crippen molar-refractivity contribution in [3.63, 3.8) is 0 Å². The van der Waals surface area contributed by atoms with Gasteiger partial charge in [-0.15, -0.1) is 0 Å². The molecule has 0 aromatic heterocycles. The summed E-state index contributed by atoms with van der Waals surface area (Å²) in [6.07, 6.45) is 3.66. The van der Waals surface area contributed by atoms with Crippen LogP contribution in [0.5, 0.6) is 5.75 Å². The Kier molecular flexibility index (Phi) is 4.80. The molecule has 5 nitrogen and oxygen atoms in total. The Hall–Kier alpha value is -2.01. The zero-order valence-corrected chi connectivity index (χ0v) is 10.7. The molecular formula is C14H18N2O3. The molecule has 1 heterocycles. The minimum Gasteiger partial charge on any atom is -0.492 e. The molecule has 2 rings (SSSR count). The Morgan fingerprint density at radius 1 is 1.37 bits per heavy atom. The van der Waals surface area contributed by atoms with Crippen LogP contribution in [0.1, 0.15) is 12.8 Å². The molecule has 0 aliphatic carbocycles. The van der Waals surface area contributed by atoms with Gasteiger partial charge >= 0.3 is 0 Å². The number of nitrogens with one attached hydrogen (secondary N) is 1. The largest absolute Gasteiger partial charge is 0.492 e. The molecule has 0 unspecified atom stereocenters. The summed E-state index contributed by atoms with van der Waals surface area (Å²) in [7, 11) is 0. The fraction of sp³-hybridized carbons (Fsp3) is 0.357. The second kappa shape index (κ2) is 6.80. The molecule has 1 aromatic carbocycles. The lowest BCUT2D eigenvalue weighted by molar-refractivity contribution is -0.116. The molecule has 19 heavy (non-hydrogen) atoms. The van der Waals surface area contributed by atoms with Crippen molar-refractivity contribution in [1.29, 1.82) is 0 Å². The van der Waals surface area contributed by atoms with E-state index >= 15 is 0 Å². The van der Waals surface area contributed by atoms with Gasteiger partial charge in [0.25, 0.3) is 5.91 Å². The standard InChI is InChI=1S/C14H18N2O3/c15-8-10-18-12-6-4-11(5-7-12)16-14(17)13-3-1-2-9-19-13/h3-7H,1-2,8-10,15H2,(H,16,17). The third-order valence-corrected chi connectivity index (χ3v) is 2.66. The summed E-state index contributed by atoms with van der Waals surface area (Å²) in [5.74, 6) is 0.918. The number of hydrogen-bond acceptors (Lipinski definition) is 4. The monoisotopic (exact) mass is 262 g/mol.